The summed E-state index contributed by atoms with van der Waals surface area (Å²) in [7, 11) is 0. The highest BCUT2D eigenvalue weighted by Gasteiger charge is 2.51. The summed E-state index contributed by atoms with van der Waals surface area (Å²) >= 11 is 0. The van der Waals surface area contributed by atoms with Crippen molar-refractivity contribution < 1.29 is 4.79 Å². The molecule has 0 aromatic heterocycles. The van der Waals surface area contributed by atoms with Gasteiger partial charge in [-0.3, -0.25) is 4.79 Å². The molecule has 0 spiro atoms. The molecule has 2 aliphatic rings. The standard InChI is InChI=1S/C12H21NO/c1-10(2)6-11(3)5-9(14)13-12(4,7-10)8-11/h5-8H2,1-4H3,(H,13,14). The van der Waals surface area contributed by atoms with Crippen LogP contribution in [0.1, 0.15) is 53.4 Å². The second-order valence-corrected chi connectivity index (χ2v) is 6.79. The van der Waals surface area contributed by atoms with Gasteiger partial charge in [0.1, 0.15) is 0 Å². The second-order valence-electron chi connectivity index (χ2n) is 6.79. The molecule has 2 nitrogen and oxygen atoms in total. The van der Waals surface area contributed by atoms with E-state index in [9.17, 15) is 4.79 Å². The number of piperidine rings is 1. The maximum atomic E-state index is 11.6. The van der Waals surface area contributed by atoms with Crippen LogP contribution in [0.15, 0.2) is 0 Å². The summed E-state index contributed by atoms with van der Waals surface area (Å²) in [6, 6.07) is 0. The Hall–Kier alpha value is -0.530. The molecule has 1 saturated carbocycles. The minimum absolute atomic E-state index is 0.0475. The third-order valence-corrected chi connectivity index (χ3v) is 3.62. The van der Waals surface area contributed by atoms with Crippen LogP contribution in [0.5, 0.6) is 0 Å². The van der Waals surface area contributed by atoms with Crippen molar-refractivity contribution in [1.82, 2.24) is 5.32 Å². The van der Waals surface area contributed by atoms with Crippen LogP contribution in [0, 0.1) is 10.8 Å². The number of amides is 1. The lowest BCUT2D eigenvalue weighted by Gasteiger charge is -2.55. The summed E-state index contributed by atoms with van der Waals surface area (Å²) in [5.41, 5.74) is 0.653. The van der Waals surface area contributed by atoms with E-state index in [1.54, 1.807) is 0 Å². The summed E-state index contributed by atoms with van der Waals surface area (Å²) in [6.45, 7) is 9.11. The highest BCUT2D eigenvalue weighted by Crippen LogP contribution is 2.53. The van der Waals surface area contributed by atoms with E-state index < -0.39 is 0 Å². The zero-order chi connectivity index (χ0) is 10.6. The summed E-state index contributed by atoms with van der Waals surface area (Å²) < 4.78 is 0. The Balaban J connectivity index is 2.32. The fraction of sp³-hybridized carbons (Fsp3) is 0.917. The molecule has 2 atom stereocenters. The summed E-state index contributed by atoms with van der Waals surface area (Å²) in [5.74, 6) is 0.247. The Morgan fingerprint density at radius 3 is 2.29 bits per heavy atom. The van der Waals surface area contributed by atoms with Crippen LogP contribution in [0.2, 0.25) is 0 Å². The van der Waals surface area contributed by atoms with Gasteiger partial charge in [0.15, 0.2) is 0 Å². The van der Waals surface area contributed by atoms with Gasteiger partial charge in [-0.25, -0.2) is 0 Å². The van der Waals surface area contributed by atoms with Crippen LogP contribution in [0.3, 0.4) is 0 Å². The van der Waals surface area contributed by atoms with E-state index in [0.717, 1.165) is 12.8 Å². The van der Waals surface area contributed by atoms with Gasteiger partial charge in [0.25, 0.3) is 0 Å². The van der Waals surface area contributed by atoms with Gasteiger partial charge in [-0.05, 0) is 37.0 Å². The van der Waals surface area contributed by atoms with E-state index in [2.05, 4.69) is 33.0 Å². The number of fused-ring (bicyclic) bond motifs is 2. The van der Waals surface area contributed by atoms with Crippen molar-refractivity contribution in [3.63, 3.8) is 0 Å². The molecule has 2 bridgehead atoms. The molecule has 2 fully saturated rings. The zero-order valence-corrected chi connectivity index (χ0v) is 9.74. The molecule has 2 rings (SSSR count). The van der Waals surface area contributed by atoms with Crippen molar-refractivity contribution in [2.24, 2.45) is 10.8 Å². The molecule has 80 valence electrons. The first-order chi connectivity index (χ1) is 6.22. The molecule has 1 amide bonds. The average Bonchev–Trinajstić information content (AvgIpc) is 1.71. The van der Waals surface area contributed by atoms with Crippen LogP contribution >= 0.6 is 0 Å². The van der Waals surface area contributed by atoms with Crippen molar-refractivity contribution in [2.45, 2.75) is 58.9 Å². The first-order valence-electron chi connectivity index (χ1n) is 5.53. The van der Waals surface area contributed by atoms with Crippen LogP contribution in [-0.4, -0.2) is 11.4 Å². The van der Waals surface area contributed by atoms with Crippen molar-refractivity contribution in [3.05, 3.63) is 0 Å². The lowest BCUT2D eigenvalue weighted by atomic mass is 9.55. The van der Waals surface area contributed by atoms with Gasteiger partial charge in [-0.1, -0.05) is 20.8 Å². The third-order valence-electron chi connectivity index (χ3n) is 3.62. The molecule has 2 heteroatoms. The van der Waals surface area contributed by atoms with Crippen molar-refractivity contribution in [1.29, 1.82) is 0 Å². The molecule has 0 aromatic rings. The maximum absolute atomic E-state index is 11.6. The van der Waals surface area contributed by atoms with Crippen LogP contribution in [0.25, 0.3) is 0 Å². The Morgan fingerprint density at radius 2 is 1.71 bits per heavy atom. The molecule has 1 N–H and O–H groups in total. The van der Waals surface area contributed by atoms with Gasteiger partial charge in [-0.2, -0.15) is 0 Å². The summed E-state index contributed by atoms with van der Waals surface area (Å²) in [6.07, 6.45) is 4.16. The van der Waals surface area contributed by atoms with Crippen LogP contribution in [0.4, 0.5) is 0 Å². The molecule has 1 heterocycles. The lowest BCUT2D eigenvalue weighted by Crippen LogP contribution is -2.60. The van der Waals surface area contributed by atoms with Gasteiger partial charge in [-0.15, -0.1) is 0 Å². The number of nitrogens with one attached hydrogen (secondary N) is 1. The molecule has 0 radical (unpaired) electrons. The Labute approximate surface area is 86.5 Å². The van der Waals surface area contributed by atoms with E-state index in [1.165, 1.54) is 6.42 Å². The number of carbonyl (C=O) groups is 1. The average molecular weight is 195 g/mol. The van der Waals surface area contributed by atoms with E-state index >= 15 is 0 Å². The third kappa shape index (κ3) is 1.67. The molecular formula is C12H21NO. The first-order valence-corrected chi connectivity index (χ1v) is 5.53. The van der Waals surface area contributed by atoms with Crippen molar-refractivity contribution >= 4 is 5.91 Å². The molecule has 0 aromatic carbocycles. The van der Waals surface area contributed by atoms with Gasteiger partial charge >= 0.3 is 0 Å². The van der Waals surface area contributed by atoms with Gasteiger partial charge in [0.05, 0.1) is 0 Å². The monoisotopic (exact) mass is 195 g/mol. The largest absolute Gasteiger partial charge is 0.351 e. The maximum Gasteiger partial charge on any atom is 0.220 e. The molecule has 1 aliphatic heterocycles. The number of carbonyl (C=O) groups excluding carboxylic acids is 1. The Kier molecular flexibility index (Phi) is 1.81. The highest BCUT2D eigenvalue weighted by atomic mass is 16.1. The van der Waals surface area contributed by atoms with Gasteiger partial charge in [0, 0.05) is 12.0 Å². The van der Waals surface area contributed by atoms with Gasteiger partial charge < -0.3 is 5.32 Å². The van der Waals surface area contributed by atoms with Crippen molar-refractivity contribution in [2.75, 3.05) is 0 Å². The normalized spacial score (nSPS) is 45.9. The van der Waals surface area contributed by atoms with Crippen LogP contribution < -0.4 is 5.32 Å². The molecule has 1 saturated heterocycles. The lowest BCUT2D eigenvalue weighted by molar-refractivity contribution is -0.135. The quantitative estimate of drug-likeness (QED) is 0.632. The Morgan fingerprint density at radius 1 is 1.07 bits per heavy atom. The summed E-state index contributed by atoms with van der Waals surface area (Å²) in [4.78, 5) is 11.6. The highest BCUT2D eigenvalue weighted by molar-refractivity contribution is 5.78. The fourth-order valence-corrected chi connectivity index (χ4v) is 4.32. The SMILES string of the molecule is CC1(C)CC2(C)CC(=O)NC(C)(C1)C2. The van der Waals surface area contributed by atoms with Crippen molar-refractivity contribution in [3.8, 4) is 0 Å². The molecule has 14 heavy (non-hydrogen) atoms. The molecule has 2 unspecified atom stereocenters. The van der Waals surface area contributed by atoms with E-state index in [1.807, 2.05) is 0 Å². The smallest absolute Gasteiger partial charge is 0.220 e. The predicted octanol–water partition coefficient (Wildman–Crippen LogP) is 2.48. The first kappa shape index (κ1) is 10.0. The second kappa shape index (κ2) is 2.53. The summed E-state index contributed by atoms with van der Waals surface area (Å²) in [5, 5.41) is 3.17. The van der Waals surface area contributed by atoms with Gasteiger partial charge in [0.2, 0.25) is 5.91 Å². The fourth-order valence-electron chi connectivity index (χ4n) is 4.32. The number of rotatable bonds is 0. The number of hydrogen-bond acceptors (Lipinski definition) is 1. The van der Waals surface area contributed by atoms with Crippen LogP contribution in [-0.2, 0) is 4.79 Å². The van der Waals surface area contributed by atoms with E-state index in [0.29, 0.717) is 11.8 Å². The zero-order valence-electron chi connectivity index (χ0n) is 9.74. The topological polar surface area (TPSA) is 29.1 Å². The number of hydrogen-bond donors (Lipinski definition) is 1. The van der Waals surface area contributed by atoms with E-state index in [4.69, 9.17) is 0 Å². The predicted molar refractivity (Wildman–Crippen MR) is 56.9 cm³/mol. The Bertz CT molecular complexity index is 252. The molecular weight excluding hydrogens is 174 g/mol. The van der Waals surface area contributed by atoms with E-state index in [-0.39, 0.29) is 16.9 Å². The minimum atomic E-state index is 0.0475. The molecule has 1 aliphatic carbocycles. The minimum Gasteiger partial charge on any atom is -0.351 e.